The molecule has 1 saturated carbocycles. The van der Waals surface area contributed by atoms with Crippen LogP contribution in [0.1, 0.15) is 32.1 Å². The summed E-state index contributed by atoms with van der Waals surface area (Å²) >= 11 is 0. The summed E-state index contributed by atoms with van der Waals surface area (Å²) in [6.45, 7) is 0.732. The number of nitrogens with one attached hydrogen (secondary N) is 1. The SMILES string of the molecule is COCCOCC(=O)N[C@@H](C(=O)OC)C1CCCCC1. The van der Waals surface area contributed by atoms with Crippen LogP contribution in [0.25, 0.3) is 0 Å². The van der Waals surface area contributed by atoms with Crippen LogP contribution in [-0.4, -0.2) is 52.0 Å². The molecule has 0 aromatic heterocycles. The normalized spacial score (nSPS) is 17.5. The van der Waals surface area contributed by atoms with Crippen molar-refractivity contribution < 1.29 is 23.8 Å². The number of carbonyl (C=O) groups excluding carboxylic acids is 2. The third kappa shape index (κ3) is 5.88. The monoisotopic (exact) mass is 287 g/mol. The van der Waals surface area contributed by atoms with Gasteiger partial charge in [0.2, 0.25) is 5.91 Å². The van der Waals surface area contributed by atoms with Crippen LogP contribution in [0.4, 0.5) is 0 Å². The highest BCUT2D eigenvalue weighted by Crippen LogP contribution is 2.27. The first-order chi connectivity index (χ1) is 9.69. The Hall–Kier alpha value is -1.14. The van der Waals surface area contributed by atoms with Gasteiger partial charge in [0, 0.05) is 7.11 Å². The maximum absolute atomic E-state index is 11.8. The molecule has 0 radical (unpaired) electrons. The summed E-state index contributed by atoms with van der Waals surface area (Å²) in [5, 5.41) is 2.74. The summed E-state index contributed by atoms with van der Waals surface area (Å²) in [5.41, 5.74) is 0. The summed E-state index contributed by atoms with van der Waals surface area (Å²) in [6, 6.07) is -0.557. The van der Waals surface area contributed by atoms with Gasteiger partial charge in [-0.15, -0.1) is 0 Å². The zero-order valence-electron chi connectivity index (χ0n) is 12.4. The van der Waals surface area contributed by atoms with Gasteiger partial charge in [0.25, 0.3) is 0 Å². The molecule has 1 N–H and O–H groups in total. The third-order valence-electron chi connectivity index (χ3n) is 3.56. The summed E-state index contributed by atoms with van der Waals surface area (Å²) in [5.74, 6) is -0.497. The van der Waals surface area contributed by atoms with Crippen LogP contribution in [-0.2, 0) is 23.8 Å². The highest BCUT2D eigenvalue weighted by molar-refractivity contribution is 5.85. The number of amides is 1. The van der Waals surface area contributed by atoms with Crippen molar-refractivity contribution in [2.45, 2.75) is 38.1 Å². The number of hydrogen-bond acceptors (Lipinski definition) is 5. The van der Waals surface area contributed by atoms with Crippen molar-refractivity contribution in [1.82, 2.24) is 5.32 Å². The van der Waals surface area contributed by atoms with Crippen LogP contribution in [0.5, 0.6) is 0 Å². The second-order valence-electron chi connectivity index (χ2n) is 5.01. The van der Waals surface area contributed by atoms with E-state index in [0.29, 0.717) is 13.2 Å². The van der Waals surface area contributed by atoms with Gasteiger partial charge in [-0.2, -0.15) is 0 Å². The fourth-order valence-corrected chi connectivity index (χ4v) is 2.49. The van der Waals surface area contributed by atoms with E-state index < -0.39 is 6.04 Å². The Kier molecular flexibility index (Phi) is 8.22. The van der Waals surface area contributed by atoms with Crippen molar-refractivity contribution in [2.24, 2.45) is 5.92 Å². The Morgan fingerprint density at radius 1 is 1.15 bits per heavy atom. The van der Waals surface area contributed by atoms with Gasteiger partial charge in [-0.25, -0.2) is 4.79 Å². The van der Waals surface area contributed by atoms with Crippen LogP contribution in [0, 0.1) is 5.92 Å². The first-order valence-corrected chi connectivity index (χ1v) is 7.13. The molecule has 1 aliphatic rings. The molecule has 0 aromatic carbocycles. The summed E-state index contributed by atoms with van der Waals surface area (Å²) < 4.78 is 14.8. The predicted octanol–water partition coefficient (Wildman–Crippen LogP) is 0.887. The van der Waals surface area contributed by atoms with Crippen LogP contribution < -0.4 is 5.32 Å². The number of ether oxygens (including phenoxy) is 3. The van der Waals surface area contributed by atoms with Crippen molar-refractivity contribution in [3.05, 3.63) is 0 Å². The zero-order chi connectivity index (χ0) is 14.8. The molecule has 0 unspecified atom stereocenters. The van der Waals surface area contributed by atoms with Crippen molar-refractivity contribution >= 4 is 11.9 Å². The van der Waals surface area contributed by atoms with E-state index in [1.54, 1.807) is 7.11 Å². The van der Waals surface area contributed by atoms with Gasteiger partial charge in [-0.1, -0.05) is 19.3 Å². The zero-order valence-corrected chi connectivity index (χ0v) is 12.4. The van der Waals surface area contributed by atoms with Gasteiger partial charge < -0.3 is 19.5 Å². The van der Waals surface area contributed by atoms with E-state index in [-0.39, 0.29) is 24.4 Å². The molecule has 6 nitrogen and oxygen atoms in total. The van der Waals surface area contributed by atoms with Gasteiger partial charge in [-0.3, -0.25) is 4.79 Å². The Labute approximate surface area is 120 Å². The molecule has 1 atom stereocenters. The molecule has 116 valence electrons. The maximum Gasteiger partial charge on any atom is 0.328 e. The molecule has 1 rings (SSSR count). The van der Waals surface area contributed by atoms with Gasteiger partial charge in [0.15, 0.2) is 0 Å². The molecule has 1 aliphatic carbocycles. The molecule has 1 fully saturated rings. The van der Waals surface area contributed by atoms with Crippen LogP contribution >= 0.6 is 0 Å². The molecular weight excluding hydrogens is 262 g/mol. The summed E-state index contributed by atoms with van der Waals surface area (Å²) in [7, 11) is 2.92. The number of carbonyl (C=O) groups is 2. The smallest absolute Gasteiger partial charge is 0.328 e. The Morgan fingerprint density at radius 2 is 1.85 bits per heavy atom. The molecule has 0 aliphatic heterocycles. The topological polar surface area (TPSA) is 73.9 Å². The van der Waals surface area contributed by atoms with Gasteiger partial charge >= 0.3 is 5.97 Å². The molecule has 0 saturated heterocycles. The fourth-order valence-electron chi connectivity index (χ4n) is 2.49. The van der Waals surface area contributed by atoms with E-state index in [9.17, 15) is 9.59 Å². The van der Waals surface area contributed by atoms with Crippen molar-refractivity contribution in [1.29, 1.82) is 0 Å². The minimum Gasteiger partial charge on any atom is -0.467 e. The molecule has 0 bridgehead atoms. The average molecular weight is 287 g/mol. The number of rotatable bonds is 8. The lowest BCUT2D eigenvalue weighted by atomic mass is 9.84. The fraction of sp³-hybridized carbons (Fsp3) is 0.857. The Morgan fingerprint density at radius 3 is 2.45 bits per heavy atom. The first kappa shape index (κ1) is 16.9. The highest BCUT2D eigenvalue weighted by Gasteiger charge is 2.31. The van der Waals surface area contributed by atoms with E-state index in [0.717, 1.165) is 25.7 Å². The van der Waals surface area contributed by atoms with Crippen LogP contribution in [0.3, 0.4) is 0 Å². The van der Waals surface area contributed by atoms with Gasteiger partial charge in [0.05, 0.1) is 20.3 Å². The number of methoxy groups -OCH3 is 2. The first-order valence-electron chi connectivity index (χ1n) is 7.13. The summed E-state index contributed by atoms with van der Waals surface area (Å²) in [4.78, 5) is 23.6. The van der Waals surface area contributed by atoms with Crippen molar-refractivity contribution in [3.8, 4) is 0 Å². The molecule has 20 heavy (non-hydrogen) atoms. The number of esters is 1. The standard InChI is InChI=1S/C14H25NO5/c1-18-8-9-20-10-12(16)15-13(14(17)19-2)11-6-4-3-5-7-11/h11,13H,3-10H2,1-2H3,(H,15,16)/t13-/m1/s1. The lowest BCUT2D eigenvalue weighted by Crippen LogP contribution is -2.48. The second kappa shape index (κ2) is 9.72. The van der Waals surface area contributed by atoms with Gasteiger partial charge in [-0.05, 0) is 18.8 Å². The van der Waals surface area contributed by atoms with Crippen molar-refractivity contribution in [3.63, 3.8) is 0 Å². The average Bonchev–Trinajstić information content (AvgIpc) is 2.49. The third-order valence-corrected chi connectivity index (χ3v) is 3.56. The molecule has 1 amide bonds. The minimum atomic E-state index is -0.557. The van der Waals surface area contributed by atoms with Gasteiger partial charge in [0.1, 0.15) is 12.6 Å². The van der Waals surface area contributed by atoms with E-state index in [1.165, 1.54) is 13.5 Å². The Bertz CT molecular complexity index is 302. The lowest BCUT2D eigenvalue weighted by Gasteiger charge is -2.28. The van der Waals surface area contributed by atoms with Crippen LogP contribution in [0.15, 0.2) is 0 Å². The molecular formula is C14H25NO5. The minimum absolute atomic E-state index is 0.0659. The van der Waals surface area contributed by atoms with E-state index >= 15 is 0 Å². The molecule has 0 spiro atoms. The van der Waals surface area contributed by atoms with E-state index in [4.69, 9.17) is 14.2 Å². The van der Waals surface area contributed by atoms with E-state index in [2.05, 4.69) is 5.32 Å². The largest absolute Gasteiger partial charge is 0.467 e. The quantitative estimate of drug-likeness (QED) is 0.530. The lowest BCUT2D eigenvalue weighted by molar-refractivity contribution is -0.147. The second-order valence-corrected chi connectivity index (χ2v) is 5.01. The summed E-state index contributed by atoms with van der Waals surface area (Å²) in [6.07, 6.45) is 5.28. The molecule has 6 heteroatoms. The molecule has 0 heterocycles. The van der Waals surface area contributed by atoms with Crippen molar-refractivity contribution in [2.75, 3.05) is 34.0 Å². The molecule has 0 aromatic rings. The van der Waals surface area contributed by atoms with E-state index in [1.807, 2.05) is 0 Å². The van der Waals surface area contributed by atoms with Crippen LogP contribution in [0.2, 0.25) is 0 Å². The number of hydrogen-bond donors (Lipinski definition) is 1. The highest BCUT2D eigenvalue weighted by atomic mass is 16.5. The Balaban J connectivity index is 2.43. The maximum atomic E-state index is 11.8. The predicted molar refractivity (Wildman–Crippen MR) is 73.2 cm³/mol.